The van der Waals surface area contributed by atoms with Gasteiger partial charge in [-0.1, -0.05) is 87.0 Å². The van der Waals surface area contributed by atoms with Gasteiger partial charge in [0.1, 0.15) is 17.9 Å². The highest BCUT2D eigenvalue weighted by Gasteiger charge is 2.43. The van der Waals surface area contributed by atoms with E-state index in [1.807, 2.05) is 54.0 Å². The van der Waals surface area contributed by atoms with E-state index in [4.69, 9.17) is 24.2 Å². The molecule has 6 atom stereocenters. The first-order chi connectivity index (χ1) is 31.6. The fraction of sp³-hybridized carbons (Fsp3) is 0.373. The predicted molar refractivity (Wildman–Crippen MR) is 250 cm³/mol. The number of hydrogen-bond donors (Lipinski definition) is 3. The summed E-state index contributed by atoms with van der Waals surface area (Å²) in [5, 5.41) is 9.83. The maximum Gasteiger partial charge on any atom is 0.407 e. The molecule has 3 aliphatic rings. The number of amides is 4. The monoisotopic (exact) mass is 877 g/mol. The number of ether oxygens (including phenoxy) is 3. The van der Waals surface area contributed by atoms with E-state index in [9.17, 15) is 19.2 Å². The van der Waals surface area contributed by atoms with Crippen LogP contribution in [0, 0.1) is 11.8 Å². The Hall–Kier alpha value is -6.80. The fourth-order valence-corrected chi connectivity index (χ4v) is 10.1. The summed E-state index contributed by atoms with van der Waals surface area (Å²) in [7, 11) is 4.27. The zero-order valence-corrected chi connectivity index (χ0v) is 37.4. The lowest BCUT2D eigenvalue weighted by Gasteiger charge is -2.30. The molecule has 1 aromatic heterocycles. The van der Waals surface area contributed by atoms with Crippen molar-refractivity contribution in [3.05, 3.63) is 108 Å². The van der Waals surface area contributed by atoms with E-state index in [-0.39, 0.29) is 35.7 Å². The Morgan fingerprint density at radius 2 is 1.52 bits per heavy atom. The second-order valence-corrected chi connectivity index (χ2v) is 17.5. The van der Waals surface area contributed by atoms with Crippen LogP contribution in [0.4, 0.5) is 15.3 Å². The summed E-state index contributed by atoms with van der Waals surface area (Å²) >= 11 is 0. The SMILES string of the molecule is CC[C@H](C)[C@H](NC(=O)OC)C(=O)N1CCC[C@H]1c1nc2c(ccc3cc(-c4ccc5c6c(ccc5c4)N=C([C@@H]4C[C@H](COC)CN4C(=O)[C@H](NC(=O)OC)c4ccccc4)C6)ccc32)[nH]1. The summed E-state index contributed by atoms with van der Waals surface area (Å²) < 4.78 is 15.3. The van der Waals surface area contributed by atoms with Crippen molar-refractivity contribution in [1.82, 2.24) is 30.4 Å². The lowest BCUT2D eigenvalue weighted by molar-refractivity contribution is -0.136. The molecule has 6 aromatic rings. The van der Waals surface area contributed by atoms with E-state index < -0.39 is 24.3 Å². The molecule has 4 heterocycles. The highest BCUT2D eigenvalue weighted by Crippen LogP contribution is 2.40. The topological polar surface area (TPSA) is 168 Å². The van der Waals surface area contributed by atoms with Gasteiger partial charge in [-0.15, -0.1) is 0 Å². The van der Waals surface area contributed by atoms with E-state index in [2.05, 4.69) is 76.3 Å². The lowest BCUT2D eigenvalue weighted by atomic mass is 9.94. The molecule has 3 aliphatic heterocycles. The zero-order chi connectivity index (χ0) is 45.4. The van der Waals surface area contributed by atoms with Gasteiger partial charge in [-0.3, -0.25) is 14.6 Å². The third-order valence-electron chi connectivity index (χ3n) is 13.6. The maximum absolute atomic E-state index is 14.4. The van der Waals surface area contributed by atoms with Gasteiger partial charge in [0.05, 0.1) is 49.6 Å². The molecule has 0 radical (unpaired) electrons. The largest absolute Gasteiger partial charge is 0.453 e. The van der Waals surface area contributed by atoms with Gasteiger partial charge in [-0.25, -0.2) is 14.6 Å². The minimum absolute atomic E-state index is 0.0671. The van der Waals surface area contributed by atoms with E-state index in [1.165, 1.54) is 14.2 Å². The van der Waals surface area contributed by atoms with Gasteiger partial charge in [0.25, 0.3) is 0 Å². The molecule has 3 N–H and O–H groups in total. The van der Waals surface area contributed by atoms with Gasteiger partial charge in [0.2, 0.25) is 11.8 Å². The van der Waals surface area contributed by atoms with Crippen molar-refractivity contribution >= 4 is 68.0 Å². The Kier molecular flexibility index (Phi) is 12.3. The molecule has 4 amide bonds. The van der Waals surface area contributed by atoms with Crippen LogP contribution in [0.25, 0.3) is 43.7 Å². The van der Waals surface area contributed by atoms with E-state index in [1.54, 1.807) is 7.11 Å². The molecule has 5 aromatic carbocycles. The number of carbonyl (C=O) groups excluding carboxylic acids is 4. The van der Waals surface area contributed by atoms with Gasteiger partial charge >= 0.3 is 12.2 Å². The summed E-state index contributed by atoms with van der Waals surface area (Å²) in [6, 6.07) is 28.5. The van der Waals surface area contributed by atoms with Gasteiger partial charge in [-0.05, 0) is 87.9 Å². The number of likely N-dealkylation sites (tertiary alicyclic amines) is 2. The summed E-state index contributed by atoms with van der Waals surface area (Å²) in [5.74, 6) is 0.453. The molecule has 0 bridgehead atoms. The number of alkyl carbamates (subject to hydrolysis) is 2. The average Bonchev–Trinajstić information content (AvgIpc) is 4.17. The summed E-state index contributed by atoms with van der Waals surface area (Å²) in [6.07, 6.45) is 2.36. The summed E-state index contributed by atoms with van der Waals surface area (Å²) in [6.45, 7) is 5.55. The van der Waals surface area contributed by atoms with Crippen LogP contribution in [0.1, 0.15) is 68.6 Å². The molecule has 65 heavy (non-hydrogen) atoms. The molecule has 0 aliphatic carbocycles. The van der Waals surface area contributed by atoms with Crippen LogP contribution in [0.3, 0.4) is 0 Å². The first-order valence-electron chi connectivity index (χ1n) is 22.5. The Balaban J connectivity index is 0.954. The predicted octanol–water partition coefficient (Wildman–Crippen LogP) is 8.56. The second kappa shape index (κ2) is 18.4. The molecule has 0 spiro atoms. The van der Waals surface area contributed by atoms with Crippen LogP contribution in [-0.4, -0.2) is 103 Å². The molecular weight excluding hydrogens is 823 g/mol. The number of aromatic amines is 1. The van der Waals surface area contributed by atoms with E-state index >= 15 is 0 Å². The molecule has 0 unspecified atom stereocenters. The normalized spacial score (nSPS) is 19.5. The van der Waals surface area contributed by atoms with Crippen LogP contribution >= 0.6 is 0 Å². The molecule has 0 saturated carbocycles. The number of aromatic nitrogens is 2. The first kappa shape index (κ1) is 43.5. The van der Waals surface area contributed by atoms with Crippen molar-refractivity contribution in [2.75, 3.05) is 41.0 Å². The van der Waals surface area contributed by atoms with Crippen molar-refractivity contribution in [2.45, 2.75) is 70.1 Å². The molecule has 14 heteroatoms. The van der Waals surface area contributed by atoms with Crippen LogP contribution in [-0.2, 0) is 30.2 Å². The molecule has 2 saturated heterocycles. The Labute approximate surface area is 377 Å². The highest BCUT2D eigenvalue weighted by atomic mass is 16.5. The third kappa shape index (κ3) is 8.38. The summed E-state index contributed by atoms with van der Waals surface area (Å²) in [4.78, 5) is 70.5. The van der Waals surface area contributed by atoms with Gasteiger partial charge in [0, 0.05) is 43.6 Å². The smallest absolute Gasteiger partial charge is 0.407 e. The van der Waals surface area contributed by atoms with Crippen LogP contribution in [0.15, 0.2) is 96.0 Å². The first-order valence-corrected chi connectivity index (χ1v) is 22.5. The Morgan fingerprint density at radius 1 is 0.815 bits per heavy atom. The van der Waals surface area contributed by atoms with Crippen molar-refractivity contribution in [3.8, 4) is 11.1 Å². The standard InChI is InChI=1S/C51H55N7O7/c1-6-29(2)44(55-50(61)64-4)48(59)57-22-10-13-42(57)47-53-40-21-17-35-25-33(15-19-37(35)46(40)54-47)32-14-18-36-34(24-32)16-20-39-38(36)26-41(52-39)43-23-30(28-63-3)27-58(43)49(60)45(56-51(62)65-5)31-11-8-7-9-12-31/h7-9,11-12,14-21,24-25,29-30,42-45H,6,10,13,22-23,26-28H2,1-5H3,(H,53,54)(H,55,61)(H,56,62)/t29-,30-,42-,43-,44-,45+/m0/s1. The number of rotatable bonds is 12. The van der Waals surface area contributed by atoms with Crippen LogP contribution in [0.5, 0.6) is 0 Å². The molecule has 9 rings (SSSR count). The minimum atomic E-state index is -0.916. The van der Waals surface area contributed by atoms with E-state index in [0.717, 1.165) is 85.8 Å². The van der Waals surface area contributed by atoms with Gasteiger partial charge in [0.15, 0.2) is 0 Å². The second-order valence-electron chi connectivity index (χ2n) is 17.5. The Bertz CT molecular complexity index is 2820. The number of carbonyl (C=O) groups is 4. The van der Waals surface area contributed by atoms with Crippen molar-refractivity contribution in [3.63, 3.8) is 0 Å². The zero-order valence-electron chi connectivity index (χ0n) is 37.4. The minimum Gasteiger partial charge on any atom is -0.453 e. The van der Waals surface area contributed by atoms with Gasteiger partial charge in [-0.2, -0.15) is 0 Å². The maximum atomic E-state index is 14.4. The highest BCUT2D eigenvalue weighted by molar-refractivity contribution is 6.08. The number of methoxy groups -OCH3 is 3. The summed E-state index contributed by atoms with van der Waals surface area (Å²) in [5.41, 5.74) is 7.55. The average molecular weight is 878 g/mol. The number of aliphatic imine (C=N–C) groups is 1. The number of benzene rings is 5. The Morgan fingerprint density at radius 3 is 2.25 bits per heavy atom. The third-order valence-corrected chi connectivity index (χ3v) is 13.6. The quantitative estimate of drug-likeness (QED) is 0.110. The van der Waals surface area contributed by atoms with Crippen LogP contribution < -0.4 is 10.6 Å². The number of nitrogens with zero attached hydrogens (tertiary/aromatic N) is 4. The number of imidazole rings is 1. The molecule has 336 valence electrons. The van der Waals surface area contributed by atoms with Crippen molar-refractivity contribution in [2.24, 2.45) is 16.8 Å². The fourth-order valence-electron chi connectivity index (χ4n) is 10.1. The number of H-pyrrole nitrogens is 1. The number of fused-ring (bicyclic) bond motifs is 6. The van der Waals surface area contributed by atoms with Gasteiger partial charge < -0.3 is 39.6 Å². The van der Waals surface area contributed by atoms with Crippen molar-refractivity contribution in [1.29, 1.82) is 0 Å². The van der Waals surface area contributed by atoms with Crippen LogP contribution in [0.2, 0.25) is 0 Å². The number of hydrogen-bond acceptors (Lipinski definition) is 9. The molecule has 14 nitrogen and oxygen atoms in total. The molecule has 2 fully saturated rings. The molecular formula is C51H55N7O7. The van der Waals surface area contributed by atoms with E-state index in [0.29, 0.717) is 38.1 Å². The lowest BCUT2D eigenvalue weighted by Crippen LogP contribution is -2.51. The number of nitrogens with one attached hydrogen (secondary N) is 3. The van der Waals surface area contributed by atoms with Crippen molar-refractivity contribution < 1.29 is 33.4 Å².